The number of hydrogen-bond acceptors (Lipinski definition) is 2. The Kier molecular flexibility index (Phi) is 8.94. The third-order valence-corrected chi connectivity index (χ3v) is 6.06. The Bertz CT molecular complexity index is 739. The molecule has 0 amide bonds. The molecule has 0 fully saturated rings. The zero-order valence-corrected chi connectivity index (χ0v) is 19.9. The van der Waals surface area contributed by atoms with Gasteiger partial charge in [-0.3, -0.25) is 0 Å². The number of unbranched alkanes of at least 4 members (excludes halogenated alkanes) is 2. The minimum absolute atomic E-state index is 0.874. The van der Waals surface area contributed by atoms with E-state index in [1.165, 1.54) is 0 Å². The molecule has 2 aromatic rings. The fourth-order valence-corrected chi connectivity index (χ4v) is 4.32. The summed E-state index contributed by atoms with van der Waals surface area (Å²) >= 11 is 18.4. The van der Waals surface area contributed by atoms with Crippen LogP contribution in [0.25, 0.3) is 10.8 Å². The average Bonchev–Trinajstić information content (AvgIpc) is 2.62. The van der Waals surface area contributed by atoms with Gasteiger partial charge in [0.05, 0.1) is 9.98 Å². The predicted molar refractivity (Wildman–Crippen MR) is 131 cm³/mol. The van der Waals surface area contributed by atoms with Crippen molar-refractivity contribution in [1.82, 2.24) is 0 Å². The number of nitrogens with one attached hydrogen (secondary N) is 2. The summed E-state index contributed by atoms with van der Waals surface area (Å²) in [6, 6.07) is 8.24. The highest BCUT2D eigenvalue weighted by Crippen LogP contribution is 2.40. The number of hydrogen-bond donors (Lipinski definition) is 2. The fraction of sp³-hybridized carbons (Fsp3) is 0.400. The Morgan fingerprint density at radius 1 is 0.769 bits per heavy atom. The Labute approximate surface area is 183 Å². The quantitative estimate of drug-likeness (QED) is 0.345. The van der Waals surface area contributed by atoms with Crippen LogP contribution >= 0.6 is 56.3 Å². The molecule has 2 nitrogen and oxygen atoms in total. The first-order valence-electron chi connectivity index (χ1n) is 8.98. The minimum Gasteiger partial charge on any atom is -0.349 e. The van der Waals surface area contributed by atoms with Crippen LogP contribution in [0.5, 0.6) is 0 Å². The van der Waals surface area contributed by atoms with Crippen molar-refractivity contribution in [3.8, 4) is 0 Å². The van der Waals surface area contributed by atoms with Crippen molar-refractivity contribution in [2.24, 2.45) is 0 Å². The number of anilines is 2. The van der Waals surface area contributed by atoms with Gasteiger partial charge in [0.2, 0.25) is 0 Å². The Hall–Kier alpha value is -0.560. The van der Waals surface area contributed by atoms with Gasteiger partial charge in [0.1, 0.15) is 0 Å². The van der Waals surface area contributed by atoms with E-state index in [9.17, 15) is 0 Å². The summed E-state index contributed by atoms with van der Waals surface area (Å²) < 4.78 is 2.05. The number of benzene rings is 2. The lowest BCUT2D eigenvalue weighted by atomic mass is 10.1. The smallest absolute Gasteiger partial charge is 0.0797 e. The third kappa shape index (κ3) is 5.72. The van der Waals surface area contributed by atoms with E-state index < -0.39 is 0 Å². The van der Waals surface area contributed by atoms with E-state index >= 15 is 0 Å². The van der Waals surface area contributed by atoms with Gasteiger partial charge in [-0.15, -0.1) is 0 Å². The zero-order chi connectivity index (χ0) is 19.1. The lowest BCUT2D eigenvalue weighted by Crippen LogP contribution is -2.11. The van der Waals surface area contributed by atoms with Gasteiger partial charge in [-0.25, -0.2) is 0 Å². The molecule has 0 aromatic heterocycles. The first-order valence-corrected chi connectivity index (χ1v) is 11.4. The largest absolute Gasteiger partial charge is 0.349 e. The summed E-state index contributed by atoms with van der Waals surface area (Å²) in [4.78, 5) is 1.75. The lowest BCUT2D eigenvalue weighted by molar-refractivity contribution is 0.839. The van der Waals surface area contributed by atoms with Gasteiger partial charge < -0.3 is 10.6 Å². The molecule has 0 saturated heterocycles. The Balaban J connectivity index is 2.41. The molecule has 2 aromatic carbocycles. The molecule has 0 atom stereocenters. The molecule has 0 aliphatic carbocycles. The Morgan fingerprint density at radius 3 is 1.50 bits per heavy atom. The highest BCUT2D eigenvalue weighted by molar-refractivity contribution is 9.11. The lowest BCUT2D eigenvalue weighted by Gasteiger charge is -2.17. The van der Waals surface area contributed by atoms with Gasteiger partial charge >= 0.3 is 0 Å². The second-order valence-electron chi connectivity index (χ2n) is 6.24. The topological polar surface area (TPSA) is 24.1 Å². The van der Waals surface area contributed by atoms with Crippen molar-refractivity contribution in [2.45, 2.75) is 52.4 Å². The van der Waals surface area contributed by atoms with Crippen LogP contribution in [0.4, 0.5) is 11.4 Å². The number of halogens is 2. The van der Waals surface area contributed by atoms with Crippen molar-refractivity contribution < 1.29 is 0 Å². The van der Waals surface area contributed by atoms with E-state index in [4.69, 9.17) is 24.4 Å². The molecular formula is C20H24Br2N2S2. The van der Waals surface area contributed by atoms with Crippen molar-refractivity contribution in [3.05, 3.63) is 33.2 Å². The summed E-state index contributed by atoms with van der Waals surface area (Å²) in [5.74, 6) is 0. The van der Waals surface area contributed by atoms with Crippen LogP contribution in [0, 0.1) is 0 Å². The van der Waals surface area contributed by atoms with Crippen LogP contribution in [0.15, 0.2) is 33.2 Å². The maximum atomic E-state index is 5.52. The number of thiocarbonyl (C=S) groups is 2. The molecule has 0 radical (unpaired) electrons. The van der Waals surface area contributed by atoms with E-state index in [0.717, 1.165) is 79.6 Å². The third-order valence-electron chi connectivity index (χ3n) is 4.12. The van der Waals surface area contributed by atoms with Crippen LogP contribution in [-0.4, -0.2) is 9.98 Å². The van der Waals surface area contributed by atoms with Crippen LogP contribution in [0.3, 0.4) is 0 Å². The normalized spacial score (nSPS) is 10.8. The second kappa shape index (κ2) is 10.7. The molecule has 0 saturated carbocycles. The van der Waals surface area contributed by atoms with Gasteiger partial charge in [0, 0.05) is 31.1 Å². The van der Waals surface area contributed by atoms with Crippen molar-refractivity contribution in [1.29, 1.82) is 0 Å². The first kappa shape index (κ1) is 21.7. The SMILES string of the molecule is CCCCC(=S)Nc1ccc(Br)c2c(NC(=S)CCCC)ccc(Br)c12. The molecule has 6 heteroatoms. The second-order valence-corrected chi connectivity index (χ2v) is 8.94. The van der Waals surface area contributed by atoms with E-state index in [-0.39, 0.29) is 0 Å². The summed E-state index contributed by atoms with van der Waals surface area (Å²) in [5, 5.41) is 9.04. The van der Waals surface area contributed by atoms with E-state index in [0.29, 0.717) is 0 Å². The predicted octanol–water partition coefficient (Wildman–Crippen LogP) is 8.22. The number of fused-ring (bicyclic) bond motifs is 1. The fourth-order valence-electron chi connectivity index (χ4n) is 2.72. The van der Waals surface area contributed by atoms with Gasteiger partial charge in [-0.2, -0.15) is 0 Å². The highest BCUT2D eigenvalue weighted by Gasteiger charge is 2.14. The summed E-state index contributed by atoms with van der Waals surface area (Å²) in [5.41, 5.74) is 2.03. The average molecular weight is 516 g/mol. The van der Waals surface area contributed by atoms with Gasteiger partial charge in [-0.05, 0) is 49.9 Å². The van der Waals surface area contributed by atoms with Crippen molar-refractivity contribution in [3.63, 3.8) is 0 Å². The summed E-state index contributed by atoms with van der Waals surface area (Å²) in [7, 11) is 0. The molecular weight excluding hydrogens is 492 g/mol. The minimum atomic E-state index is 0.874. The molecule has 26 heavy (non-hydrogen) atoms. The molecule has 140 valence electrons. The maximum Gasteiger partial charge on any atom is 0.0797 e. The molecule has 0 bridgehead atoms. The molecule has 2 rings (SSSR count). The molecule has 0 aliphatic heterocycles. The van der Waals surface area contributed by atoms with Crippen LogP contribution in [0.1, 0.15) is 52.4 Å². The van der Waals surface area contributed by atoms with E-state index in [2.05, 4.69) is 80.6 Å². The highest BCUT2D eigenvalue weighted by atomic mass is 79.9. The van der Waals surface area contributed by atoms with Gasteiger partial charge in [0.15, 0.2) is 0 Å². The molecule has 0 heterocycles. The standard InChI is InChI=1S/C20H24Br2N2S2/c1-3-5-7-17(25)23-15-11-9-14(22)20-16(12-10-13(21)19(15)20)24-18(26)8-6-4-2/h9-12H,3-8H2,1-2H3,(H,23,25)(H,24,26). The number of rotatable bonds is 8. The van der Waals surface area contributed by atoms with E-state index in [1.807, 2.05) is 0 Å². The van der Waals surface area contributed by atoms with Gasteiger partial charge in [0.25, 0.3) is 0 Å². The molecule has 0 unspecified atom stereocenters. The summed E-state index contributed by atoms with van der Waals surface area (Å²) in [6.07, 6.45) is 6.27. The van der Waals surface area contributed by atoms with Crippen LogP contribution < -0.4 is 10.6 Å². The molecule has 0 aliphatic rings. The van der Waals surface area contributed by atoms with Crippen molar-refractivity contribution >= 4 is 88.4 Å². The summed E-state index contributed by atoms with van der Waals surface area (Å²) in [6.45, 7) is 4.35. The molecule has 0 spiro atoms. The van der Waals surface area contributed by atoms with Gasteiger partial charge in [-0.1, -0.05) is 83.0 Å². The first-order chi connectivity index (χ1) is 12.5. The van der Waals surface area contributed by atoms with E-state index in [1.54, 1.807) is 0 Å². The van der Waals surface area contributed by atoms with Crippen LogP contribution in [-0.2, 0) is 0 Å². The Morgan fingerprint density at radius 2 is 1.15 bits per heavy atom. The zero-order valence-electron chi connectivity index (χ0n) is 15.1. The van der Waals surface area contributed by atoms with Crippen molar-refractivity contribution in [2.75, 3.05) is 10.6 Å². The monoisotopic (exact) mass is 514 g/mol. The molecule has 2 N–H and O–H groups in total. The van der Waals surface area contributed by atoms with Crippen LogP contribution in [0.2, 0.25) is 0 Å². The maximum absolute atomic E-state index is 5.52.